The van der Waals surface area contributed by atoms with Crippen LogP contribution in [0.1, 0.15) is 33.6 Å². The standard InChI is InChI=1S/C19H22O6/c1-8-6-9(2)14(21)13-17-19(25-18(13)23)7-10(3)16(24-17)15(22)11(19)4-5-12(8)20/h4-5,8-11,15-16,22H,6-7H2,1-3H3/b5-4+/t8-,9+,10-,11?,15-,16+,19-/m1/s1. The SMILES string of the molecule is C[C@@H]1C[C@H](C)C(=O)C2=C3O[C@H]4[C@H](C)C[C@@]3(OC2=O)C(/C=C/C1=O)[C@H]4O. The van der Waals surface area contributed by atoms with Crippen molar-refractivity contribution in [2.24, 2.45) is 23.7 Å². The Balaban J connectivity index is 1.93. The molecule has 0 aromatic rings. The Labute approximate surface area is 145 Å². The van der Waals surface area contributed by atoms with Crippen molar-refractivity contribution in [3.63, 3.8) is 0 Å². The van der Waals surface area contributed by atoms with Crippen LogP contribution >= 0.6 is 0 Å². The number of aliphatic hydroxyl groups is 1. The molecule has 5 aliphatic rings. The van der Waals surface area contributed by atoms with E-state index in [1.807, 2.05) is 6.92 Å². The molecule has 6 nitrogen and oxygen atoms in total. The van der Waals surface area contributed by atoms with Crippen LogP contribution in [0, 0.1) is 23.7 Å². The van der Waals surface area contributed by atoms with E-state index in [0.29, 0.717) is 12.8 Å². The van der Waals surface area contributed by atoms with Gasteiger partial charge in [-0.3, -0.25) is 9.59 Å². The van der Waals surface area contributed by atoms with Gasteiger partial charge in [0.15, 0.2) is 22.9 Å². The highest BCUT2D eigenvalue weighted by Gasteiger charge is 2.67. The summed E-state index contributed by atoms with van der Waals surface area (Å²) in [7, 11) is 0. The van der Waals surface area contributed by atoms with Gasteiger partial charge in [0.05, 0.1) is 5.92 Å². The van der Waals surface area contributed by atoms with E-state index < -0.39 is 35.6 Å². The second kappa shape index (κ2) is 5.27. The second-order valence-corrected chi connectivity index (χ2v) is 7.93. The number of ketones is 2. The highest BCUT2D eigenvalue weighted by atomic mass is 16.6. The summed E-state index contributed by atoms with van der Waals surface area (Å²) in [6, 6.07) is 0. The summed E-state index contributed by atoms with van der Waals surface area (Å²) in [5.74, 6) is -2.27. The van der Waals surface area contributed by atoms with Crippen molar-refractivity contribution in [3.8, 4) is 0 Å². The molecule has 5 bridgehead atoms. The van der Waals surface area contributed by atoms with Crippen LogP contribution in [-0.4, -0.2) is 40.5 Å². The van der Waals surface area contributed by atoms with Crippen molar-refractivity contribution in [2.45, 2.75) is 51.4 Å². The molecule has 3 fully saturated rings. The van der Waals surface area contributed by atoms with Crippen molar-refractivity contribution in [2.75, 3.05) is 0 Å². The van der Waals surface area contributed by atoms with Gasteiger partial charge in [-0.2, -0.15) is 0 Å². The summed E-state index contributed by atoms with van der Waals surface area (Å²) < 4.78 is 11.6. The first-order valence-corrected chi connectivity index (χ1v) is 8.85. The van der Waals surface area contributed by atoms with Gasteiger partial charge in [0, 0.05) is 18.3 Å². The third-order valence-electron chi connectivity index (χ3n) is 6.13. The van der Waals surface area contributed by atoms with Crippen LogP contribution in [0.25, 0.3) is 0 Å². The highest BCUT2D eigenvalue weighted by molar-refractivity contribution is 6.20. The van der Waals surface area contributed by atoms with Crippen LogP contribution < -0.4 is 0 Å². The topological polar surface area (TPSA) is 89.9 Å². The van der Waals surface area contributed by atoms with Crippen LogP contribution in [-0.2, 0) is 23.9 Å². The molecule has 2 saturated heterocycles. The van der Waals surface area contributed by atoms with Gasteiger partial charge in [0.2, 0.25) is 0 Å². The highest BCUT2D eigenvalue weighted by Crippen LogP contribution is 2.56. The van der Waals surface area contributed by atoms with Crippen molar-refractivity contribution in [1.82, 2.24) is 0 Å². The Hall–Kier alpha value is -1.95. The maximum atomic E-state index is 12.9. The zero-order chi connectivity index (χ0) is 18.1. The van der Waals surface area contributed by atoms with Gasteiger partial charge in [0.1, 0.15) is 17.8 Å². The molecule has 5 rings (SSSR count). The third-order valence-corrected chi connectivity index (χ3v) is 6.13. The van der Waals surface area contributed by atoms with Crippen molar-refractivity contribution < 1.29 is 29.0 Å². The zero-order valence-electron chi connectivity index (χ0n) is 14.5. The van der Waals surface area contributed by atoms with Crippen LogP contribution in [0.2, 0.25) is 0 Å². The monoisotopic (exact) mass is 346 g/mol. The van der Waals surface area contributed by atoms with E-state index in [0.717, 1.165) is 0 Å². The molecule has 2 aliphatic carbocycles. The number of carbonyl (C=O) groups excluding carboxylic acids is 3. The second-order valence-electron chi connectivity index (χ2n) is 7.93. The Morgan fingerprint density at radius 2 is 1.88 bits per heavy atom. The van der Waals surface area contributed by atoms with Gasteiger partial charge in [-0.1, -0.05) is 26.8 Å². The maximum absolute atomic E-state index is 12.9. The largest absolute Gasteiger partial charge is 0.486 e. The van der Waals surface area contributed by atoms with Crippen LogP contribution in [0.5, 0.6) is 0 Å². The number of hydrogen-bond acceptors (Lipinski definition) is 6. The van der Waals surface area contributed by atoms with Crippen molar-refractivity contribution >= 4 is 17.5 Å². The lowest BCUT2D eigenvalue weighted by molar-refractivity contribution is -0.220. The number of Topliss-reactive ketones (excluding diaryl/α,β-unsaturated/α-hetero) is 1. The van der Waals surface area contributed by atoms with Gasteiger partial charge in [-0.15, -0.1) is 0 Å². The average Bonchev–Trinajstić information content (AvgIpc) is 2.83. The molecule has 3 heterocycles. The summed E-state index contributed by atoms with van der Waals surface area (Å²) in [5, 5.41) is 10.7. The predicted molar refractivity (Wildman–Crippen MR) is 86.1 cm³/mol. The molecule has 25 heavy (non-hydrogen) atoms. The van der Waals surface area contributed by atoms with Crippen LogP contribution in [0.15, 0.2) is 23.5 Å². The molecule has 1 saturated carbocycles. The fourth-order valence-electron chi connectivity index (χ4n) is 4.79. The number of rotatable bonds is 0. The zero-order valence-corrected chi connectivity index (χ0v) is 14.5. The van der Waals surface area contributed by atoms with E-state index in [2.05, 4.69) is 0 Å². The molecule has 0 amide bonds. The number of ether oxygens (including phenoxy) is 2. The number of hydrogen-bond donors (Lipinski definition) is 1. The van der Waals surface area contributed by atoms with Crippen molar-refractivity contribution in [1.29, 1.82) is 0 Å². The molecule has 0 aromatic heterocycles. The van der Waals surface area contributed by atoms with Gasteiger partial charge in [-0.25, -0.2) is 4.79 Å². The van der Waals surface area contributed by atoms with E-state index in [1.165, 1.54) is 6.08 Å². The molecule has 7 atom stereocenters. The smallest absolute Gasteiger partial charge is 0.346 e. The minimum atomic E-state index is -1.18. The first-order chi connectivity index (χ1) is 11.8. The van der Waals surface area contributed by atoms with Crippen molar-refractivity contribution in [3.05, 3.63) is 23.5 Å². The normalized spacial score (nSPS) is 47.3. The number of fused-ring (bicyclic) bond motifs is 1. The summed E-state index contributed by atoms with van der Waals surface area (Å²) in [6.45, 7) is 5.41. The fourth-order valence-corrected chi connectivity index (χ4v) is 4.79. The molecule has 1 unspecified atom stereocenters. The molecule has 1 spiro atoms. The lowest BCUT2D eigenvalue weighted by Gasteiger charge is -2.54. The fraction of sp³-hybridized carbons (Fsp3) is 0.632. The van der Waals surface area contributed by atoms with E-state index in [-0.39, 0.29) is 34.7 Å². The molecule has 0 radical (unpaired) electrons. The third kappa shape index (κ3) is 2.09. The molecule has 1 N–H and O–H groups in total. The molecular weight excluding hydrogens is 324 g/mol. The number of aliphatic hydroxyl groups excluding tert-OH is 1. The molecule has 0 aromatic carbocycles. The quantitative estimate of drug-likeness (QED) is 0.526. The minimum absolute atomic E-state index is 0.0252. The summed E-state index contributed by atoms with van der Waals surface area (Å²) >= 11 is 0. The first-order valence-electron chi connectivity index (χ1n) is 8.85. The Morgan fingerprint density at radius 3 is 2.60 bits per heavy atom. The van der Waals surface area contributed by atoms with E-state index >= 15 is 0 Å². The van der Waals surface area contributed by atoms with Crippen LogP contribution in [0.4, 0.5) is 0 Å². The molecular formula is C19H22O6. The number of carbonyl (C=O) groups is 3. The Kier molecular flexibility index (Phi) is 3.48. The Bertz CT molecular complexity index is 734. The predicted octanol–water partition coefficient (Wildman–Crippen LogP) is 1.32. The van der Waals surface area contributed by atoms with E-state index in [1.54, 1.807) is 19.9 Å². The lowest BCUT2D eigenvalue weighted by atomic mass is 9.64. The molecule has 6 heteroatoms. The average molecular weight is 346 g/mol. The molecule has 134 valence electrons. The van der Waals surface area contributed by atoms with Gasteiger partial charge in [0.25, 0.3) is 0 Å². The summed E-state index contributed by atoms with van der Waals surface area (Å²) in [5.41, 5.74) is -1.21. The van der Waals surface area contributed by atoms with E-state index in [4.69, 9.17) is 9.47 Å². The van der Waals surface area contributed by atoms with E-state index in [9.17, 15) is 19.5 Å². The summed E-state index contributed by atoms with van der Waals surface area (Å²) in [4.78, 5) is 37.8. The van der Waals surface area contributed by atoms with Gasteiger partial charge < -0.3 is 14.6 Å². The minimum Gasteiger partial charge on any atom is -0.486 e. The number of allylic oxidation sites excluding steroid dienone is 1. The lowest BCUT2D eigenvalue weighted by Crippen LogP contribution is -2.63. The Morgan fingerprint density at radius 1 is 1.16 bits per heavy atom. The summed E-state index contributed by atoms with van der Waals surface area (Å²) in [6.07, 6.45) is 2.51. The van der Waals surface area contributed by atoms with Gasteiger partial charge in [-0.05, 0) is 18.4 Å². The maximum Gasteiger partial charge on any atom is 0.346 e. The number of esters is 1. The van der Waals surface area contributed by atoms with Crippen LogP contribution in [0.3, 0.4) is 0 Å². The first kappa shape index (κ1) is 16.5. The molecule has 3 aliphatic heterocycles. The van der Waals surface area contributed by atoms with Gasteiger partial charge >= 0.3 is 5.97 Å².